The predicted octanol–water partition coefficient (Wildman–Crippen LogP) is 3.22. The Bertz CT molecular complexity index is 620. The smallest absolute Gasteiger partial charge is 0.253 e. The van der Waals surface area contributed by atoms with Crippen LogP contribution in [0.5, 0.6) is 0 Å². The van der Waals surface area contributed by atoms with Crippen molar-refractivity contribution < 1.29 is 4.79 Å². The summed E-state index contributed by atoms with van der Waals surface area (Å²) in [5, 5.41) is 3.07. The Morgan fingerprint density at radius 1 is 1.14 bits per heavy atom. The summed E-state index contributed by atoms with van der Waals surface area (Å²) in [6, 6.07) is 7.44. The van der Waals surface area contributed by atoms with Gasteiger partial charge in [-0.3, -0.25) is 14.8 Å². The fourth-order valence-electron chi connectivity index (χ4n) is 2.20. The fourth-order valence-corrected chi connectivity index (χ4v) is 2.20. The molecule has 0 aliphatic carbocycles. The number of hydrogen-bond donors (Lipinski definition) is 1. The van der Waals surface area contributed by atoms with Crippen molar-refractivity contribution in [3.05, 3.63) is 59.2 Å². The zero-order chi connectivity index (χ0) is 15.4. The van der Waals surface area contributed by atoms with Gasteiger partial charge in [-0.2, -0.15) is 0 Å². The number of nitrogens with one attached hydrogen (secondary N) is 1. The second-order valence-corrected chi connectivity index (χ2v) is 5.59. The topological polar surface area (TPSA) is 54.9 Å². The number of carbonyl (C=O) groups is 1. The van der Waals surface area contributed by atoms with Crippen LogP contribution < -0.4 is 5.32 Å². The van der Waals surface area contributed by atoms with Crippen molar-refractivity contribution in [1.82, 2.24) is 15.3 Å². The van der Waals surface area contributed by atoms with Crippen LogP contribution in [0.15, 0.2) is 36.7 Å². The van der Waals surface area contributed by atoms with Crippen LogP contribution in [0, 0.1) is 19.8 Å². The summed E-state index contributed by atoms with van der Waals surface area (Å²) in [4.78, 5) is 21.0. The fraction of sp³-hybridized carbons (Fsp3) is 0.353. The quantitative estimate of drug-likeness (QED) is 0.937. The molecule has 2 aromatic rings. The molecule has 2 heterocycles. The molecule has 1 atom stereocenters. The van der Waals surface area contributed by atoms with Gasteiger partial charge >= 0.3 is 0 Å². The first kappa shape index (κ1) is 15.2. The number of amides is 1. The monoisotopic (exact) mass is 283 g/mol. The Labute approximate surface area is 125 Å². The first-order valence-corrected chi connectivity index (χ1v) is 7.14. The zero-order valence-electron chi connectivity index (χ0n) is 12.9. The van der Waals surface area contributed by atoms with E-state index >= 15 is 0 Å². The Hall–Kier alpha value is -2.23. The molecule has 110 valence electrons. The zero-order valence-corrected chi connectivity index (χ0v) is 12.9. The molecule has 0 saturated heterocycles. The van der Waals surface area contributed by atoms with E-state index < -0.39 is 0 Å². The third-order valence-electron chi connectivity index (χ3n) is 3.47. The summed E-state index contributed by atoms with van der Waals surface area (Å²) in [5.74, 6) is 0.132. The number of aromatic nitrogens is 2. The van der Waals surface area contributed by atoms with Gasteiger partial charge in [-0.15, -0.1) is 0 Å². The van der Waals surface area contributed by atoms with Gasteiger partial charge in [0.15, 0.2) is 0 Å². The van der Waals surface area contributed by atoms with Gasteiger partial charge in [0.2, 0.25) is 0 Å². The van der Waals surface area contributed by atoms with E-state index in [0.717, 1.165) is 17.0 Å². The average Bonchev–Trinajstić information content (AvgIpc) is 2.46. The average molecular weight is 283 g/mol. The molecule has 2 rings (SSSR count). The summed E-state index contributed by atoms with van der Waals surface area (Å²) in [6.07, 6.45) is 3.37. The van der Waals surface area contributed by atoms with Crippen molar-refractivity contribution in [3.8, 4) is 0 Å². The van der Waals surface area contributed by atoms with E-state index in [0.29, 0.717) is 5.56 Å². The van der Waals surface area contributed by atoms with Gasteiger partial charge in [0.1, 0.15) is 0 Å². The molecule has 0 radical (unpaired) electrons. The number of pyridine rings is 2. The highest BCUT2D eigenvalue weighted by molar-refractivity contribution is 5.94. The lowest BCUT2D eigenvalue weighted by molar-refractivity contribution is 0.0924. The summed E-state index contributed by atoms with van der Waals surface area (Å²) in [7, 11) is 0. The van der Waals surface area contributed by atoms with Gasteiger partial charge in [0.25, 0.3) is 5.91 Å². The van der Waals surface area contributed by atoms with Crippen LogP contribution in [0.3, 0.4) is 0 Å². The normalized spacial score (nSPS) is 12.2. The Kier molecular flexibility index (Phi) is 4.68. The van der Waals surface area contributed by atoms with Crippen molar-refractivity contribution in [1.29, 1.82) is 0 Å². The van der Waals surface area contributed by atoms with Crippen LogP contribution in [0.25, 0.3) is 0 Å². The Morgan fingerprint density at radius 3 is 2.48 bits per heavy atom. The minimum Gasteiger partial charge on any atom is -0.343 e. The molecule has 0 bridgehead atoms. The molecule has 1 N–H and O–H groups in total. The van der Waals surface area contributed by atoms with Crippen molar-refractivity contribution in [3.63, 3.8) is 0 Å². The maximum Gasteiger partial charge on any atom is 0.253 e. The van der Waals surface area contributed by atoms with Crippen LogP contribution in [0.2, 0.25) is 0 Å². The van der Waals surface area contributed by atoms with Gasteiger partial charge in [-0.25, -0.2) is 0 Å². The molecule has 0 saturated carbocycles. The number of rotatable bonds is 4. The first-order chi connectivity index (χ1) is 9.99. The number of hydrogen-bond acceptors (Lipinski definition) is 3. The molecule has 0 unspecified atom stereocenters. The van der Waals surface area contributed by atoms with Crippen LogP contribution in [-0.4, -0.2) is 15.9 Å². The highest BCUT2D eigenvalue weighted by Gasteiger charge is 2.21. The van der Waals surface area contributed by atoms with E-state index in [9.17, 15) is 4.79 Å². The maximum absolute atomic E-state index is 12.4. The third-order valence-corrected chi connectivity index (χ3v) is 3.47. The lowest BCUT2D eigenvalue weighted by Crippen LogP contribution is -2.32. The van der Waals surface area contributed by atoms with Crippen molar-refractivity contribution in [2.75, 3.05) is 0 Å². The molecular formula is C17H21N3O. The second-order valence-electron chi connectivity index (χ2n) is 5.59. The summed E-state index contributed by atoms with van der Waals surface area (Å²) >= 11 is 0. The van der Waals surface area contributed by atoms with E-state index in [4.69, 9.17) is 0 Å². The molecule has 0 aliphatic rings. The molecular weight excluding hydrogens is 262 g/mol. The van der Waals surface area contributed by atoms with Crippen LogP contribution in [0.1, 0.15) is 47.2 Å². The van der Waals surface area contributed by atoms with Crippen molar-refractivity contribution >= 4 is 5.91 Å². The Balaban J connectivity index is 2.23. The summed E-state index contributed by atoms with van der Waals surface area (Å²) < 4.78 is 0. The van der Waals surface area contributed by atoms with Gasteiger partial charge in [-0.05, 0) is 43.5 Å². The largest absolute Gasteiger partial charge is 0.343 e. The van der Waals surface area contributed by atoms with E-state index in [2.05, 4.69) is 29.1 Å². The third kappa shape index (κ3) is 3.66. The first-order valence-electron chi connectivity index (χ1n) is 7.14. The molecule has 4 heteroatoms. The highest BCUT2D eigenvalue weighted by Crippen LogP contribution is 2.23. The maximum atomic E-state index is 12.4. The second kappa shape index (κ2) is 6.48. The van der Waals surface area contributed by atoms with Crippen LogP contribution in [0.4, 0.5) is 0 Å². The molecule has 4 nitrogen and oxygen atoms in total. The van der Waals surface area contributed by atoms with Crippen LogP contribution >= 0.6 is 0 Å². The standard InChI is InChI=1S/C17H21N3O/c1-11(2)15(16-12(3)6-5-9-18-16)20-17(21)14-8-7-13(4)19-10-14/h5-11,15H,1-4H3,(H,20,21)/t15-/m0/s1. The molecule has 21 heavy (non-hydrogen) atoms. The molecule has 0 aliphatic heterocycles. The van der Waals surface area contributed by atoms with Gasteiger partial charge in [0.05, 0.1) is 17.3 Å². The van der Waals surface area contributed by atoms with E-state index in [1.807, 2.05) is 32.0 Å². The van der Waals surface area contributed by atoms with Gasteiger partial charge < -0.3 is 5.32 Å². The molecule has 0 fully saturated rings. The lowest BCUT2D eigenvalue weighted by Gasteiger charge is -2.23. The lowest BCUT2D eigenvalue weighted by atomic mass is 9.97. The van der Waals surface area contributed by atoms with E-state index in [1.54, 1.807) is 18.5 Å². The van der Waals surface area contributed by atoms with Crippen molar-refractivity contribution in [2.45, 2.75) is 33.7 Å². The minimum atomic E-state index is -0.119. The molecule has 0 aromatic carbocycles. The number of nitrogens with zero attached hydrogens (tertiary/aromatic N) is 2. The number of carbonyl (C=O) groups excluding carboxylic acids is 1. The Morgan fingerprint density at radius 2 is 1.90 bits per heavy atom. The van der Waals surface area contributed by atoms with Gasteiger partial charge in [-0.1, -0.05) is 19.9 Å². The van der Waals surface area contributed by atoms with Gasteiger partial charge in [0, 0.05) is 18.1 Å². The van der Waals surface area contributed by atoms with E-state index in [-0.39, 0.29) is 17.9 Å². The number of aryl methyl sites for hydroxylation is 2. The highest BCUT2D eigenvalue weighted by atomic mass is 16.1. The van der Waals surface area contributed by atoms with Crippen molar-refractivity contribution in [2.24, 2.45) is 5.92 Å². The minimum absolute atomic E-state index is 0.111. The molecule has 1 amide bonds. The van der Waals surface area contributed by atoms with E-state index in [1.165, 1.54) is 0 Å². The molecule has 0 spiro atoms. The molecule has 2 aromatic heterocycles. The SMILES string of the molecule is Cc1ccc(C(=O)N[C@H](c2ncccc2C)C(C)C)cn1. The van der Waals surface area contributed by atoms with Crippen LogP contribution in [-0.2, 0) is 0 Å². The predicted molar refractivity (Wildman–Crippen MR) is 83.0 cm³/mol. The summed E-state index contributed by atoms with van der Waals surface area (Å²) in [6.45, 7) is 8.06. The summed E-state index contributed by atoms with van der Waals surface area (Å²) in [5.41, 5.74) is 3.46.